The summed E-state index contributed by atoms with van der Waals surface area (Å²) in [5, 5.41) is 3.66. The minimum Gasteiger partial charge on any atom is -0.496 e. The number of methoxy groups -OCH3 is 1. The highest BCUT2D eigenvalue weighted by molar-refractivity contribution is 6.08. The van der Waals surface area contributed by atoms with E-state index in [2.05, 4.69) is 21.8 Å². The number of para-hydroxylation sites is 1. The molecule has 0 radical (unpaired) electrons. The van der Waals surface area contributed by atoms with E-state index in [1.165, 1.54) is 12.0 Å². The highest BCUT2D eigenvalue weighted by Crippen LogP contribution is 2.52. The number of hydrogen-bond acceptors (Lipinski definition) is 4. The number of amides is 2. The van der Waals surface area contributed by atoms with Crippen molar-refractivity contribution in [1.82, 2.24) is 19.8 Å². The average molecular weight is 601 g/mol. The Labute approximate surface area is 248 Å². The van der Waals surface area contributed by atoms with E-state index in [0.29, 0.717) is 48.3 Å². The monoisotopic (exact) mass is 600 g/mol. The summed E-state index contributed by atoms with van der Waals surface area (Å²) < 4.78 is 49.6. The van der Waals surface area contributed by atoms with Gasteiger partial charge in [-0.2, -0.15) is 13.2 Å². The zero-order chi connectivity index (χ0) is 31.1. The van der Waals surface area contributed by atoms with Gasteiger partial charge in [0.15, 0.2) is 0 Å². The van der Waals surface area contributed by atoms with E-state index >= 15 is 0 Å². The third kappa shape index (κ3) is 5.42. The maximum absolute atomic E-state index is 14.0. The van der Waals surface area contributed by atoms with E-state index < -0.39 is 17.5 Å². The van der Waals surface area contributed by atoms with E-state index in [9.17, 15) is 27.6 Å². The highest BCUT2D eigenvalue weighted by atomic mass is 19.4. The Morgan fingerprint density at radius 1 is 1.14 bits per heavy atom. The van der Waals surface area contributed by atoms with E-state index in [4.69, 9.17) is 4.74 Å². The molecule has 5 rings (SSSR count). The van der Waals surface area contributed by atoms with E-state index in [1.807, 2.05) is 31.2 Å². The first-order valence-electron chi connectivity index (χ1n) is 14.9. The van der Waals surface area contributed by atoms with Gasteiger partial charge in [0.25, 0.3) is 11.5 Å². The van der Waals surface area contributed by atoms with Crippen LogP contribution in [0.4, 0.5) is 13.2 Å². The number of likely N-dealkylation sites (tertiary alicyclic amines) is 1. The predicted molar refractivity (Wildman–Crippen MR) is 157 cm³/mol. The number of hydrogen-bond donors (Lipinski definition) is 2. The summed E-state index contributed by atoms with van der Waals surface area (Å²) >= 11 is 0. The van der Waals surface area contributed by atoms with Crippen molar-refractivity contribution in [3.05, 3.63) is 63.2 Å². The van der Waals surface area contributed by atoms with Crippen molar-refractivity contribution in [3.63, 3.8) is 0 Å². The number of carbonyl (C=O) groups is 2. The minimum absolute atomic E-state index is 0.0158. The molecule has 2 aliphatic rings. The number of alkyl halides is 3. The van der Waals surface area contributed by atoms with Crippen molar-refractivity contribution in [2.24, 2.45) is 11.3 Å². The molecule has 2 amide bonds. The fourth-order valence-corrected chi connectivity index (χ4v) is 7.19. The maximum Gasteiger partial charge on any atom is 0.403 e. The first kappa shape index (κ1) is 30.7. The molecule has 1 saturated heterocycles. The number of aromatic nitrogens is 2. The molecule has 2 aromatic heterocycles. The zero-order valence-electron chi connectivity index (χ0n) is 25.1. The van der Waals surface area contributed by atoms with Crippen LogP contribution < -0.4 is 15.6 Å². The summed E-state index contributed by atoms with van der Waals surface area (Å²) in [5.74, 6) is -0.589. The van der Waals surface area contributed by atoms with Crippen molar-refractivity contribution in [3.8, 4) is 5.75 Å². The second-order valence-electron chi connectivity index (χ2n) is 12.0. The highest BCUT2D eigenvalue weighted by Gasteiger charge is 2.62. The predicted octanol–water partition coefficient (Wildman–Crippen LogP) is 5.81. The van der Waals surface area contributed by atoms with Gasteiger partial charge < -0.3 is 24.5 Å². The molecule has 0 bridgehead atoms. The van der Waals surface area contributed by atoms with Crippen LogP contribution in [0, 0.1) is 25.2 Å². The van der Waals surface area contributed by atoms with Gasteiger partial charge in [-0.1, -0.05) is 31.0 Å². The minimum atomic E-state index is -4.54. The van der Waals surface area contributed by atoms with Crippen molar-refractivity contribution in [2.45, 2.75) is 78.1 Å². The second kappa shape index (κ2) is 11.7. The first-order valence-corrected chi connectivity index (χ1v) is 14.9. The number of fused-ring (bicyclic) bond motifs is 1. The Morgan fingerprint density at radius 3 is 2.42 bits per heavy atom. The lowest BCUT2D eigenvalue weighted by molar-refractivity contribution is -0.226. The Morgan fingerprint density at radius 2 is 1.79 bits per heavy atom. The topological polar surface area (TPSA) is 96.4 Å². The van der Waals surface area contributed by atoms with Gasteiger partial charge in [-0.05, 0) is 64.5 Å². The molecule has 1 atom stereocenters. The molecule has 1 aliphatic heterocycles. The SMILES string of the molecule is COc1cc(C)[nH]c(=O)c1CNC(=O)c1c(C)n([C@H](C)C2CCN(C(=O)C3(C(F)(F)F)CCCC3)CC2)c2ccccc12. The van der Waals surface area contributed by atoms with Gasteiger partial charge in [0.2, 0.25) is 5.91 Å². The van der Waals surface area contributed by atoms with Gasteiger partial charge in [-0.3, -0.25) is 14.4 Å². The summed E-state index contributed by atoms with van der Waals surface area (Å²) in [6.45, 7) is 6.25. The molecule has 1 saturated carbocycles. The van der Waals surface area contributed by atoms with Crippen LogP contribution in [0.3, 0.4) is 0 Å². The second-order valence-corrected chi connectivity index (χ2v) is 12.0. The van der Waals surface area contributed by atoms with Crippen molar-refractivity contribution in [2.75, 3.05) is 20.2 Å². The number of halogens is 3. The summed E-state index contributed by atoms with van der Waals surface area (Å²) in [5.41, 5.74) is 0.546. The van der Waals surface area contributed by atoms with Gasteiger partial charge in [-0.25, -0.2) is 0 Å². The number of ether oxygens (including phenoxy) is 1. The van der Waals surface area contributed by atoms with E-state index in [1.54, 1.807) is 13.0 Å². The van der Waals surface area contributed by atoms with Crippen LogP contribution in [0.1, 0.15) is 78.8 Å². The number of aryl methyl sites for hydroxylation is 1. The lowest BCUT2D eigenvalue weighted by atomic mass is 9.82. The Bertz CT molecular complexity index is 1580. The smallest absolute Gasteiger partial charge is 0.403 e. The summed E-state index contributed by atoms with van der Waals surface area (Å²) in [6, 6.07) is 9.26. The van der Waals surface area contributed by atoms with Gasteiger partial charge in [0.1, 0.15) is 11.2 Å². The number of nitrogens with zero attached hydrogens (tertiary/aromatic N) is 2. The molecule has 1 aliphatic carbocycles. The third-order valence-corrected chi connectivity index (χ3v) is 9.58. The molecule has 1 aromatic carbocycles. The number of piperidine rings is 1. The van der Waals surface area contributed by atoms with Crippen LogP contribution in [0.5, 0.6) is 5.75 Å². The Kier molecular flexibility index (Phi) is 8.37. The zero-order valence-corrected chi connectivity index (χ0v) is 25.1. The van der Waals surface area contributed by atoms with Gasteiger partial charge in [-0.15, -0.1) is 0 Å². The lowest BCUT2D eigenvalue weighted by Crippen LogP contribution is -2.53. The van der Waals surface area contributed by atoms with Crippen LogP contribution in [-0.2, 0) is 11.3 Å². The van der Waals surface area contributed by atoms with Crippen LogP contribution >= 0.6 is 0 Å². The summed E-state index contributed by atoms with van der Waals surface area (Å²) in [4.78, 5) is 43.5. The number of carbonyl (C=O) groups excluding carboxylic acids is 2. The molecular weight excluding hydrogens is 561 g/mol. The summed E-state index contributed by atoms with van der Waals surface area (Å²) in [7, 11) is 1.47. The van der Waals surface area contributed by atoms with E-state index in [-0.39, 0.29) is 55.9 Å². The number of rotatable bonds is 7. The fraction of sp³-hybridized carbons (Fsp3) is 0.531. The molecule has 43 heavy (non-hydrogen) atoms. The molecule has 8 nitrogen and oxygen atoms in total. The van der Waals surface area contributed by atoms with Crippen molar-refractivity contribution >= 4 is 22.7 Å². The van der Waals surface area contributed by atoms with Crippen molar-refractivity contribution < 1.29 is 27.5 Å². The third-order valence-electron chi connectivity index (χ3n) is 9.58. The van der Waals surface area contributed by atoms with Gasteiger partial charge in [0.05, 0.1) is 24.8 Å². The fourth-order valence-electron chi connectivity index (χ4n) is 7.19. The molecule has 3 aromatic rings. The average Bonchev–Trinajstić information content (AvgIpc) is 3.59. The quantitative estimate of drug-likeness (QED) is 0.358. The maximum atomic E-state index is 14.0. The molecule has 2 N–H and O–H groups in total. The molecule has 3 heterocycles. The van der Waals surface area contributed by atoms with Gasteiger partial charge in [0, 0.05) is 41.4 Å². The van der Waals surface area contributed by atoms with Crippen LogP contribution in [0.15, 0.2) is 35.1 Å². The van der Waals surface area contributed by atoms with E-state index in [0.717, 1.165) is 16.6 Å². The molecule has 232 valence electrons. The Balaban J connectivity index is 1.35. The molecular formula is C32H39F3N4O4. The van der Waals surface area contributed by atoms with Crippen LogP contribution in [0.25, 0.3) is 10.9 Å². The normalized spacial score (nSPS) is 18.2. The van der Waals surface area contributed by atoms with Crippen molar-refractivity contribution in [1.29, 1.82) is 0 Å². The number of nitrogens with one attached hydrogen (secondary N) is 2. The van der Waals surface area contributed by atoms with Crippen LogP contribution in [0.2, 0.25) is 0 Å². The number of pyridine rings is 1. The molecule has 0 unspecified atom stereocenters. The molecule has 2 fully saturated rings. The lowest BCUT2D eigenvalue weighted by Gasteiger charge is -2.40. The Hall–Kier alpha value is -3.76. The number of benzene rings is 1. The molecule has 11 heteroatoms. The molecule has 0 spiro atoms. The first-order chi connectivity index (χ1) is 20.4. The standard InChI is InChI=1S/C32H39F3N4O4/c1-19-17-26(43-4)24(28(40)37-19)18-36-29(41)27-21(3)39(25-10-6-5-9-23(25)27)20(2)22-11-15-38(16-12-22)30(42)31(32(33,34)35)13-7-8-14-31/h5-6,9-10,17,20,22H,7-8,11-16,18H2,1-4H3,(H,36,41)(H,37,40)/t20-/m1/s1. The largest absolute Gasteiger partial charge is 0.496 e. The van der Waals surface area contributed by atoms with Crippen LogP contribution in [-0.4, -0.2) is 52.6 Å². The summed E-state index contributed by atoms with van der Waals surface area (Å²) in [6.07, 6.45) is -2.81. The number of aromatic amines is 1. The number of H-pyrrole nitrogens is 1. The van der Waals surface area contributed by atoms with Gasteiger partial charge >= 0.3 is 6.18 Å².